The van der Waals surface area contributed by atoms with E-state index in [0.717, 1.165) is 0 Å². The van der Waals surface area contributed by atoms with Crippen LogP contribution in [0.15, 0.2) is 36.4 Å². The van der Waals surface area contributed by atoms with Crippen LogP contribution in [0.5, 0.6) is 11.5 Å². The van der Waals surface area contributed by atoms with E-state index in [1.807, 2.05) is 0 Å². The standard InChI is InChI=1S/C16H16N2O4S/c1-4-5-18-15(20)13(14(19)17-16(18)23)8-10-6-11(21-2)9-12(7-10)22-3/h4,6-9H,1,5H2,2-3H3,(H,17,19,23)/b13-8+. The van der Waals surface area contributed by atoms with Crippen molar-refractivity contribution in [3.05, 3.63) is 42.0 Å². The number of carbonyl (C=O) groups is 2. The molecule has 0 atom stereocenters. The molecular weight excluding hydrogens is 316 g/mol. The summed E-state index contributed by atoms with van der Waals surface area (Å²) in [5.74, 6) is 0.0965. The number of benzene rings is 1. The maximum atomic E-state index is 12.4. The van der Waals surface area contributed by atoms with Gasteiger partial charge in [-0.05, 0) is 36.0 Å². The number of hydrogen-bond donors (Lipinski definition) is 1. The van der Waals surface area contributed by atoms with Gasteiger partial charge in [-0.3, -0.25) is 19.8 Å². The molecule has 0 spiro atoms. The third-order valence-corrected chi connectivity index (χ3v) is 3.50. The van der Waals surface area contributed by atoms with Crippen LogP contribution >= 0.6 is 12.2 Å². The normalized spacial score (nSPS) is 16.3. The molecule has 0 unspecified atom stereocenters. The lowest BCUT2D eigenvalue weighted by Gasteiger charge is -2.27. The highest BCUT2D eigenvalue weighted by Crippen LogP contribution is 2.25. The Morgan fingerprint density at radius 3 is 2.35 bits per heavy atom. The van der Waals surface area contributed by atoms with Gasteiger partial charge in [0.15, 0.2) is 5.11 Å². The topological polar surface area (TPSA) is 67.9 Å². The van der Waals surface area contributed by atoms with Crippen LogP contribution in [0.4, 0.5) is 0 Å². The summed E-state index contributed by atoms with van der Waals surface area (Å²) in [6.45, 7) is 3.80. The summed E-state index contributed by atoms with van der Waals surface area (Å²) in [4.78, 5) is 25.8. The van der Waals surface area contributed by atoms with E-state index in [2.05, 4.69) is 11.9 Å². The van der Waals surface area contributed by atoms with E-state index in [1.165, 1.54) is 31.3 Å². The summed E-state index contributed by atoms with van der Waals surface area (Å²) in [6, 6.07) is 5.09. The number of methoxy groups -OCH3 is 2. The fourth-order valence-corrected chi connectivity index (χ4v) is 2.32. The second kappa shape index (κ2) is 7.06. The zero-order valence-corrected chi connectivity index (χ0v) is 13.6. The van der Waals surface area contributed by atoms with E-state index < -0.39 is 11.8 Å². The van der Waals surface area contributed by atoms with E-state index in [-0.39, 0.29) is 17.2 Å². The second-order valence-corrected chi connectivity index (χ2v) is 5.05. The minimum Gasteiger partial charge on any atom is -0.497 e. The maximum absolute atomic E-state index is 12.4. The van der Waals surface area contributed by atoms with Gasteiger partial charge in [-0.1, -0.05) is 6.08 Å². The molecule has 1 aromatic rings. The summed E-state index contributed by atoms with van der Waals surface area (Å²) in [5, 5.41) is 2.56. The summed E-state index contributed by atoms with van der Waals surface area (Å²) in [7, 11) is 3.04. The molecular formula is C16H16N2O4S. The lowest BCUT2D eigenvalue weighted by molar-refractivity contribution is -0.128. The average Bonchev–Trinajstić information content (AvgIpc) is 2.55. The molecule has 0 radical (unpaired) electrons. The van der Waals surface area contributed by atoms with Gasteiger partial charge in [-0.2, -0.15) is 0 Å². The largest absolute Gasteiger partial charge is 0.497 e. The molecule has 6 nitrogen and oxygen atoms in total. The Morgan fingerprint density at radius 2 is 1.83 bits per heavy atom. The number of rotatable bonds is 5. The summed E-state index contributed by atoms with van der Waals surface area (Å²) >= 11 is 5.00. The molecule has 1 aliphatic heterocycles. The number of nitrogens with one attached hydrogen (secondary N) is 1. The van der Waals surface area contributed by atoms with Gasteiger partial charge in [-0.15, -0.1) is 6.58 Å². The number of ether oxygens (including phenoxy) is 2. The summed E-state index contributed by atoms with van der Waals surface area (Å²) < 4.78 is 10.4. The van der Waals surface area contributed by atoms with E-state index in [4.69, 9.17) is 21.7 Å². The van der Waals surface area contributed by atoms with Crippen LogP contribution in [0.25, 0.3) is 6.08 Å². The first-order chi connectivity index (χ1) is 11.0. The minimum atomic E-state index is -0.540. The third kappa shape index (κ3) is 3.57. The van der Waals surface area contributed by atoms with Gasteiger partial charge in [0.1, 0.15) is 17.1 Å². The van der Waals surface area contributed by atoms with E-state index in [1.54, 1.807) is 18.2 Å². The van der Waals surface area contributed by atoms with Gasteiger partial charge in [0.05, 0.1) is 14.2 Å². The molecule has 120 valence electrons. The number of hydrogen-bond acceptors (Lipinski definition) is 5. The van der Waals surface area contributed by atoms with Crippen molar-refractivity contribution in [3.8, 4) is 11.5 Å². The quantitative estimate of drug-likeness (QED) is 0.383. The van der Waals surface area contributed by atoms with Crippen LogP contribution in [-0.4, -0.2) is 42.6 Å². The SMILES string of the molecule is C=CCN1C(=O)/C(=C/c2cc(OC)cc(OC)c2)C(=O)NC1=S. The maximum Gasteiger partial charge on any atom is 0.265 e. The van der Waals surface area contributed by atoms with Crippen LogP contribution < -0.4 is 14.8 Å². The number of amides is 2. The van der Waals surface area contributed by atoms with Crippen molar-refractivity contribution < 1.29 is 19.1 Å². The molecule has 23 heavy (non-hydrogen) atoms. The predicted octanol–water partition coefficient (Wildman–Crippen LogP) is 1.52. The number of thiocarbonyl (C=S) groups is 1. The van der Waals surface area contributed by atoms with Crippen LogP contribution in [0, 0.1) is 0 Å². The van der Waals surface area contributed by atoms with Crippen LogP contribution in [0.3, 0.4) is 0 Å². The Balaban J connectivity index is 2.44. The Bertz CT molecular complexity index is 690. The minimum absolute atomic E-state index is 0.0178. The Labute approximate surface area is 139 Å². The number of nitrogens with zero attached hydrogens (tertiary/aromatic N) is 1. The van der Waals surface area contributed by atoms with Crippen molar-refractivity contribution in [1.82, 2.24) is 10.2 Å². The second-order valence-electron chi connectivity index (χ2n) is 4.67. The van der Waals surface area contributed by atoms with Crippen molar-refractivity contribution in [2.75, 3.05) is 20.8 Å². The molecule has 0 bridgehead atoms. The van der Waals surface area contributed by atoms with Crippen molar-refractivity contribution >= 4 is 35.2 Å². The lowest BCUT2D eigenvalue weighted by Crippen LogP contribution is -2.53. The smallest absolute Gasteiger partial charge is 0.265 e. The van der Waals surface area contributed by atoms with E-state index >= 15 is 0 Å². The molecule has 1 fully saturated rings. The zero-order chi connectivity index (χ0) is 17.0. The Morgan fingerprint density at radius 1 is 1.22 bits per heavy atom. The molecule has 1 aromatic carbocycles. The monoisotopic (exact) mass is 332 g/mol. The molecule has 0 aromatic heterocycles. The molecule has 0 saturated carbocycles. The van der Waals surface area contributed by atoms with Crippen molar-refractivity contribution in [3.63, 3.8) is 0 Å². The van der Waals surface area contributed by atoms with Gasteiger partial charge in [0, 0.05) is 12.6 Å². The average molecular weight is 332 g/mol. The molecule has 0 aliphatic carbocycles. The van der Waals surface area contributed by atoms with Gasteiger partial charge < -0.3 is 9.47 Å². The predicted molar refractivity (Wildman–Crippen MR) is 90.2 cm³/mol. The molecule has 1 heterocycles. The number of carbonyl (C=O) groups excluding carboxylic acids is 2. The molecule has 1 N–H and O–H groups in total. The molecule has 1 aliphatic rings. The fraction of sp³-hybridized carbons (Fsp3) is 0.188. The van der Waals surface area contributed by atoms with Crippen LogP contribution in [-0.2, 0) is 9.59 Å². The third-order valence-electron chi connectivity index (χ3n) is 3.18. The molecule has 2 rings (SSSR count). The first kappa shape index (κ1) is 16.7. The summed E-state index contributed by atoms with van der Waals surface area (Å²) in [5.41, 5.74) is 0.585. The van der Waals surface area contributed by atoms with E-state index in [9.17, 15) is 9.59 Å². The highest BCUT2D eigenvalue weighted by Gasteiger charge is 2.32. The van der Waals surface area contributed by atoms with Crippen molar-refractivity contribution in [1.29, 1.82) is 0 Å². The van der Waals surface area contributed by atoms with Gasteiger partial charge in [0.2, 0.25) is 0 Å². The first-order valence-electron chi connectivity index (χ1n) is 6.73. The summed E-state index contributed by atoms with van der Waals surface area (Å²) in [6.07, 6.45) is 3.01. The van der Waals surface area contributed by atoms with Crippen molar-refractivity contribution in [2.24, 2.45) is 0 Å². The highest BCUT2D eigenvalue weighted by atomic mass is 32.1. The first-order valence-corrected chi connectivity index (χ1v) is 7.13. The Kier molecular flexibility index (Phi) is 5.13. The van der Waals surface area contributed by atoms with Crippen molar-refractivity contribution in [2.45, 2.75) is 0 Å². The lowest BCUT2D eigenvalue weighted by atomic mass is 10.1. The molecule has 1 saturated heterocycles. The van der Waals surface area contributed by atoms with E-state index in [0.29, 0.717) is 17.1 Å². The fourth-order valence-electron chi connectivity index (χ4n) is 2.07. The van der Waals surface area contributed by atoms with Crippen LogP contribution in [0.1, 0.15) is 5.56 Å². The highest BCUT2D eigenvalue weighted by molar-refractivity contribution is 7.80. The van der Waals surface area contributed by atoms with Gasteiger partial charge in [-0.25, -0.2) is 0 Å². The van der Waals surface area contributed by atoms with Gasteiger partial charge >= 0.3 is 0 Å². The van der Waals surface area contributed by atoms with Gasteiger partial charge in [0.25, 0.3) is 11.8 Å². The molecule has 7 heteroatoms. The molecule has 2 amide bonds. The Hall–Kier alpha value is -2.67. The zero-order valence-electron chi connectivity index (χ0n) is 12.8. The van der Waals surface area contributed by atoms with Crippen LogP contribution in [0.2, 0.25) is 0 Å².